The molecule has 7 fully saturated rings. The smallest absolute Gasteiger partial charge is 0.187 e. The number of hydrogen-bond acceptors (Lipinski definition) is 19. The van der Waals surface area contributed by atoms with Gasteiger partial charge in [0, 0.05) is 16.2 Å². The molecule has 0 bridgehead atoms. The lowest BCUT2D eigenvalue weighted by atomic mass is 9.35. The van der Waals surface area contributed by atoms with Gasteiger partial charge in [0.15, 0.2) is 18.9 Å². The topological polar surface area (TPSA) is 318 Å². The highest BCUT2D eigenvalue weighted by atomic mass is 16.8. The first-order valence-electron chi connectivity index (χ1n) is 24.3. The zero-order valence-electron chi connectivity index (χ0n) is 39.7. The highest BCUT2D eigenvalue weighted by Crippen LogP contribution is 2.74. The van der Waals surface area contributed by atoms with Crippen molar-refractivity contribution in [1.82, 2.24) is 0 Å². The molecule has 3 saturated heterocycles. The van der Waals surface area contributed by atoms with E-state index in [1.165, 1.54) is 18.1 Å². The predicted molar refractivity (Wildman–Crippen MR) is 233 cm³/mol. The van der Waals surface area contributed by atoms with Crippen LogP contribution in [0.4, 0.5) is 0 Å². The lowest BCUT2D eigenvalue weighted by Crippen LogP contribution is -2.68. The van der Waals surface area contributed by atoms with E-state index in [1.54, 1.807) is 0 Å². The number of hydrogen-bond donors (Lipinski definition) is 13. The molecule has 0 radical (unpaired) electrons. The van der Waals surface area contributed by atoms with Gasteiger partial charge in [0.05, 0.1) is 50.8 Å². The van der Waals surface area contributed by atoms with Gasteiger partial charge in [0.25, 0.3) is 0 Å². The fourth-order valence-electron chi connectivity index (χ4n) is 14.5. The standard InChI is InChI=1S/C48H78O19/c1-21-31(55)38(66-40-36(60)34(58)32(56)24(17-49)63-40)39(67-41-37(61)35(59)33(57)25(18-50)64-41)42(62-21)65-30-11-12-44(4)26(45(30,5)19-51)10-13-46(6)27(44)9-8-22-23-14-43(2,3)28(53)16-48(23,20-52)29(54)15-47(22,46)7/h8-9,21,23-26,28-42,49-61H,10-20H2,1-7H3. The van der Waals surface area contributed by atoms with Crippen LogP contribution < -0.4 is 0 Å². The average molecular weight is 959 g/mol. The van der Waals surface area contributed by atoms with Crippen LogP contribution in [0.2, 0.25) is 0 Å². The van der Waals surface area contributed by atoms with Gasteiger partial charge in [-0.2, -0.15) is 0 Å². The van der Waals surface area contributed by atoms with Crippen molar-refractivity contribution >= 4 is 0 Å². The van der Waals surface area contributed by atoms with Crippen molar-refractivity contribution in [3.05, 3.63) is 23.3 Å². The number of aliphatic hydroxyl groups is 13. The molecule has 0 aromatic carbocycles. The first kappa shape index (κ1) is 52.1. The SMILES string of the molecule is CC1OC(OC2CCC3(C)C4=CC=C5C6CC(C)(C)C(O)CC6(CO)C(O)CC5(C)C4(C)CCC3C2(C)CO)C(OC2OC(CO)C(O)C(O)C2O)C(OC2OC(CO)C(O)C(O)C2O)C1O. The molecule has 0 aromatic rings. The van der Waals surface area contributed by atoms with Crippen LogP contribution in [-0.4, -0.2) is 203 Å². The van der Waals surface area contributed by atoms with Crippen LogP contribution in [-0.2, 0) is 28.4 Å². The van der Waals surface area contributed by atoms with E-state index in [0.717, 1.165) is 0 Å². The molecule has 8 aliphatic rings. The first-order valence-corrected chi connectivity index (χ1v) is 24.3. The van der Waals surface area contributed by atoms with Crippen LogP contribution in [0.25, 0.3) is 0 Å². The number of fused-ring (bicyclic) bond motifs is 7. The molecule has 0 aromatic heterocycles. The maximum atomic E-state index is 12.1. The Hall–Kier alpha value is -1.28. The molecule has 19 heteroatoms. The summed E-state index contributed by atoms with van der Waals surface area (Å²) in [6.07, 6.45) is -18.7. The van der Waals surface area contributed by atoms with Gasteiger partial charge in [-0.25, -0.2) is 0 Å². The van der Waals surface area contributed by atoms with Crippen LogP contribution in [0.15, 0.2) is 23.3 Å². The van der Waals surface area contributed by atoms with Gasteiger partial charge >= 0.3 is 0 Å². The summed E-state index contributed by atoms with van der Waals surface area (Å²) in [6.45, 7) is 12.3. The summed E-state index contributed by atoms with van der Waals surface area (Å²) in [4.78, 5) is 0. The summed E-state index contributed by atoms with van der Waals surface area (Å²) in [5.74, 6) is -0.326. The molecule has 3 aliphatic heterocycles. The van der Waals surface area contributed by atoms with E-state index >= 15 is 0 Å². The summed E-state index contributed by atoms with van der Waals surface area (Å²) < 4.78 is 37.1. The van der Waals surface area contributed by atoms with Gasteiger partial charge in [0.1, 0.15) is 67.1 Å². The molecule has 4 saturated carbocycles. The molecule has 3 heterocycles. The Balaban J connectivity index is 1.12. The van der Waals surface area contributed by atoms with E-state index in [9.17, 15) is 66.4 Å². The lowest BCUT2D eigenvalue weighted by Gasteiger charge is -2.70. The average Bonchev–Trinajstić information content (AvgIpc) is 3.28. The van der Waals surface area contributed by atoms with Crippen molar-refractivity contribution < 1.29 is 94.8 Å². The number of ether oxygens (including phenoxy) is 6. The van der Waals surface area contributed by atoms with Gasteiger partial charge in [0.2, 0.25) is 0 Å². The quantitative estimate of drug-likeness (QED) is 0.111. The third-order valence-electron chi connectivity index (χ3n) is 19.2. The molecule has 8 rings (SSSR count). The van der Waals surface area contributed by atoms with Crippen LogP contribution in [0, 0.1) is 44.3 Å². The molecule has 25 atom stereocenters. The molecule has 13 N–H and O–H groups in total. The summed E-state index contributed by atoms with van der Waals surface area (Å²) in [6, 6.07) is 0. The summed E-state index contributed by atoms with van der Waals surface area (Å²) in [7, 11) is 0. The van der Waals surface area contributed by atoms with Crippen LogP contribution in [0.3, 0.4) is 0 Å². The second kappa shape index (κ2) is 18.3. The monoisotopic (exact) mass is 959 g/mol. The predicted octanol–water partition coefficient (Wildman–Crippen LogP) is -1.52. The Labute approximate surface area is 391 Å². The Morgan fingerprint density at radius 2 is 1.15 bits per heavy atom. The zero-order valence-corrected chi connectivity index (χ0v) is 39.7. The second-order valence-electron chi connectivity index (χ2n) is 23.1. The zero-order chi connectivity index (χ0) is 49.1. The minimum atomic E-state index is -1.90. The number of allylic oxidation sites excluding steroid dienone is 4. The normalized spacial score (nSPS) is 55.3. The summed E-state index contributed by atoms with van der Waals surface area (Å²) in [5, 5.41) is 142. The van der Waals surface area contributed by atoms with E-state index in [2.05, 4.69) is 32.9 Å². The highest BCUT2D eigenvalue weighted by molar-refractivity contribution is 5.46. The van der Waals surface area contributed by atoms with Crippen molar-refractivity contribution in [3.63, 3.8) is 0 Å². The molecule has 67 heavy (non-hydrogen) atoms. The Kier molecular flexibility index (Phi) is 14.2. The van der Waals surface area contributed by atoms with Crippen molar-refractivity contribution in [2.45, 2.75) is 204 Å². The molecular weight excluding hydrogens is 881 g/mol. The molecule has 384 valence electrons. The maximum Gasteiger partial charge on any atom is 0.187 e. The molecule has 0 spiro atoms. The third-order valence-corrected chi connectivity index (χ3v) is 19.2. The second-order valence-corrected chi connectivity index (χ2v) is 23.1. The summed E-state index contributed by atoms with van der Waals surface area (Å²) >= 11 is 0. The molecular formula is C48H78O19. The third kappa shape index (κ3) is 7.88. The fourth-order valence-corrected chi connectivity index (χ4v) is 14.5. The highest BCUT2D eigenvalue weighted by Gasteiger charge is 2.70. The minimum absolute atomic E-state index is 0.153. The largest absolute Gasteiger partial charge is 0.396 e. The van der Waals surface area contributed by atoms with Crippen molar-refractivity contribution in [2.75, 3.05) is 26.4 Å². The minimum Gasteiger partial charge on any atom is -0.396 e. The van der Waals surface area contributed by atoms with E-state index in [0.29, 0.717) is 44.9 Å². The van der Waals surface area contributed by atoms with E-state index in [4.69, 9.17) is 28.4 Å². The number of rotatable bonds is 10. The number of aliphatic hydroxyl groups excluding tert-OH is 13. The molecule has 25 unspecified atom stereocenters. The van der Waals surface area contributed by atoms with Crippen LogP contribution in [0.1, 0.15) is 93.4 Å². The van der Waals surface area contributed by atoms with E-state index in [1.807, 2.05) is 20.8 Å². The van der Waals surface area contributed by atoms with Gasteiger partial charge < -0.3 is 94.8 Å². The molecule has 19 nitrogen and oxygen atoms in total. The van der Waals surface area contributed by atoms with Gasteiger partial charge in [-0.3, -0.25) is 0 Å². The Bertz CT molecular complexity index is 1850. The van der Waals surface area contributed by atoms with E-state index in [-0.39, 0.29) is 25.0 Å². The van der Waals surface area contributed by atoms with Crippen molar-refractivity contribution in [1.29, 1.82) is 0 Å². The summed E-state index contributed by atoms with van der Waals surface area (Å²) in [5.41, 5.74) is -1.25. The first-order chi connectivity index (χ1) is 31.3. The maximum absolute atomic E-state index is 12.1. The van der Waals surface area contributed by atoms with Crippen molar-refractivity contribution in [2.24, 2.45) is 44.3 Å². The Morgan fingerprint density at radius 1 is 0.567 bits per heavy atom. The van der Waals surface area contributed by atoms with Gasteiger partial charge in [-0.05, 0) is 80.0 Å². The lowest BCUT2D eigenvalue weighted by molar-refractivity contribution is -0.397. The van der Waals surface area contributed by atoms with Crippen molar-refractivity contribution in [3.8, 4) is 0 Å². The van der Waals surface area contributed by atoms with Crippen LogP contribution in [0.5, 0.6) is 0 Å². The van der Waals surface area contributed by atoms with Crippen LogP contribution >= 0.6 is 0 Å². The van der Waals surface area contributed by atoms with Gasteiger partial charge in [-0.1, -0.05) is 64.8 Å². The Morgan fingerprint density at radius 3 is 1.70 bits per heavy atom. The van der Waals surface area contributed by atoms with Gasteiger partial charge in [-0.15, -0.1) is 0 Å². The fraction of sp³-hybridized carbons (Fsp3) is 0.917. The molecule has 0 amide bonds. The molecule has 5 aliphatic carbocycles. The van der Waals surface area contributed by atoms with E-state index < -0.39 is 156 Å².